The Hall–Kier alpha value is 1.83. The van der Waals surface area contributed by atoms with E-state index < -0.39 is 11.6 Å². The van der Waals surface area contributed by atoms with Gasteiger partial charge in [0.1, 0.15) is 0 Å². The van der Waals surface area contributed by atoms with Gasteiger partial charge in [0, 0.05) is 44.0 Å². The minimum atomic E-state index is -1.92. The monoisotopic (exact) mass is 550 g/mol. The van der Waals surface area contributed by atoms with Gasteiger partial charge in [-0.1, -0.05) is 95.3 Å². The second-order valence-corrected chi connectivity index (χ2v) is 24.7. The summed E-state index contributed by atoms with van der Waals surface area (Å²) < 4.78 is 0. The van der Waals surface area contributed by atoms with Crippen molar-refractivity contribution < 1.29 is 0 Å². The maximum Gasteiger partial charge on any atom is 0 e. The first-order chi connectivity index (χ1) is 9.93. The SMILES string of the molecule is C[Si](C)C.C[Si](C)C.C[Si](C)C.[Cl][Ge]([Cl])[Cl].[Ge].c1ccccc1. The van der Waals surface area contributed by atoms with E-state index in [4.69, 9.17) is 30.0 Å². The Morgan fingerprint density at radius 2 is 0.522 bits per heavy atom. The van der Waals surface area contributed by atoms with Crippen LogP contribution in [0, 0.1) is 0 Å². The van der Waals surface area contributed by atoms with Crippen LogP contribution in [0.2, 0.25) is 58.9 Å². The van der Waals surface area contributed by atoms with Gasteiger partial charge >= 0.3 is 41.6 Å². The van der Waals surface area contributed by atoms with Crippen LogP contribution in [0.5, 0.6) is 0 Å². The van der Waals surface area contributed by atoms with E-state index in [0.29, 0.717) is 0 Å². The van der Waals surface area contributed by atoms with Crippen molar-refractivity contribution >= 4 is 85.6 Å². The van der Waals surface area contributed by atoms with E-state index in [9.17, 15) is 0 Å². The van der Waals surface area contributed by atoms with Gasteiger partial charge < -0.3 is 0 Å². The molecule has 0 amide bonds. The smallest absolute Gasteiger partial charge is 0 e. The topological polar surface area (TPSA) is 0 Å². The number of rotatable bonds is 0. The van der Waals surface area contributed by atoms with E-state index in [1.807, 2.05) is 36.4 Å². The Balaban J connectivity index is -0.0000000591. The van der Waals surface area contributed by atoms with Gasteiger partial charge in [-0.25, -0.2) is 0 Å². The van der Waals surface area contributed by atoms with Crippen molar-refractivity contribution in [3.63, 3.8) is 0 Å². The molecule has 0 aliphatic rings. The van der Waals surface area contributed by atoms with E-state index in [-0.39, 0.29) is 44.0 Å². The maximum absolute atomic E-state index is 4.97. The zero-order valence-electron chi connectivity index (χ0n) is 16.1. The van der Waals surface area contributed by atoms with Crippen molar-refractivity contribution in [2.75, 3.05) is 0 Å². The zero-order valence-corrected chi connectivity index (χ0v) is 25.6. The molecule has 8 heteroatoms. The average Bonchev–Trinajstić information content (AvgIpc) is 2.28. The largest absolute Gasteiger partial charge is 0.0623 e. The molecule has 0 fully saturated rings. The molecule has 0 atom stereocenters. The first-order valence-electron chi connectivity index (χ1n) is 7.07. The predicted octanol–water partition coefficient (Wildman–Crippen LogP) is 7.11. The number of halogens is 3. The van der Waals surface area contributed by atoms with Crippen molar-refractivity contribution in [2.24, 2.45) is 0 Å². The van der Waals surface area contributed by atoms with Crippen LogP contribution in [0.3, 0.4) is 0 Å². The molecule has 0 aliphatic heterocycles. The van der Waals surface area contributed by atoms with Gasteiger partial charge in [-0.2, -0.15) is 0 Å². The molecular weight excluding hydrogens is 516 g/mol. The Labute approximate surface area is 179 Å². The molecule has 0 unspecified atom stereocenters. The van der Waals surface area contributed by atoms with Gasteiger partial charge in [0.2, 0.25) is 0 Å². The van der Waals surface area contributed by atoms with Crippen molar-refractivity contribution in [1.82, 2.24) is 0 Å². The summed E-state index contributed by atoms with van der Waals surface area (Å²) in [4.78, 5) is 0. The van der Waals surface area contributed by atoms with Crippen molar-refractivity contribution in [3.05, 3.63) is 36.4 Å². The van der Waals surface area contributed by atoms with Crippen molar-refractivity contribution in [1.29, 1.82) is 0 Å². The quantitative estimate of drug-likeness (QED) is 0.303. The number of benzene rings is 1. The van der Waals surface area contributed by atoms with Crippen molar-refractivity contribution in [3.8, 4) is 0 Å². The molecule has 0 bridgehead atoms. The summed E-state index contributed by atoms with van der Waals surface area (Å²) in [7, 11) is 15.3. The summed E-state index contributed by atoms with van der Waals surface area (Å²) >= 11 is -1.92. The van der Waals surface area contributed by atoms with Crippen LogP contribution < -0.4 is 0 Å². The fraction of sp³-hybridized carbons (Fsp3) is 0.600. The molecule has 0 N–H and O–H groups in total. The van der Waals surface area contributed by atoms with E-state index >= 15 is 0 Å². The van der Waals surface area contributed by atoms with E-state index in [0.717, 1.165) is 0 Å². The summed E-state index contributed by atoms with van der Waals surface area (Å²) in [6.07, 6.45) is 0. The third-order valence-corrected chi connectivity index (χ3v) is 0.667. The molecule has 0 saturated carbocycles. The zero-order chi connectivity index (χ0) is 18.6. The Kier molecular flexibility index (Phi) is 49.2. The minimum Gasteiger partial charge on any atom is -0.0623 e. The van der Waals surface area contributed by atoms with Gasteiger partial charge in [-0.15, -0.1) is 0 Å². The molecule has 23 heavy (non-hydrogen) atoms. The van der Waals surface area contributed by atoms with Crippen LogP contribution in [0.15, 0.2) is 36.4 Å². The van der Waals surface area contributed by atoms with Gasteiger partial charge in [0.25, 0.3) is 0 Å². The summed E-state index contributed by atoms with van der Waals surface area (Å²) in [6, 6.07) is 12.0. The molecule has 134 valence electrons. The van der Waals surface area contributed by atoms with Crippen LogP contribution in [-0.2, 0) is 0 Å². The van der Waals surface area contributed by atoms with Crippen molar-refractivity contribution in [2.45, 2.75) is 58.9 Å². The van der Waals surface area contributed by atoms with Gasteiger partial charge in [0.05, 0.1) is 0 Å². The molecule has 1 rings (SSSR count). The summed E-state index contributed by atoms with van der Waals surface area (Å²) in [5.74, 6) is 0. The Bertz CT molecular complexity index is 204. The fourth-order valence-electron chi connectivity index (χ4n) is 0.385. The predicted molar refractivity (Wildman–Crippen MR) is 126 cm³/mol. The van der Waals surface area contributed by atoms with Crippen LogP contribution >= 0.6 is 30.0 Å². The molecule has 0 heterocycles. The standard InChI is InChI=1S/C6H6.3C3H9Si.Cl3Ge.Ge/c1-2-4-6-5-3-1;4*1-4(2)3;/h1-6H;3*1-3H3;;. The van der Waals surface area contributed by atoms with Gasteiger partial charge in [-0.05, 0) is 0 Å². The molecule has 0 aliphatic carbocycles. The third-order valence-electron chi connectivity index (χ3n) is 0.667. The molecule has 0 saturated heterocycles. The first kappa shape index (κ1) is 35.9. The van der Waals surface area contributed by atoms with Crippen LogP contribution in [0.1, 0.15) is 0 Å². The Morgan fingerprint density at radius 1 is 0.478 bits per heavy atom. The minimum absolute atomic E-state index is 0. The van der Waals surface area contributed by atoms with Gasteiger partial charge in [0.15, 0.2) is 0 Å². The van der Waals surface area contributed by atoms with Crippen LogP contribution in [0.4, 0.5) is 0 Å². The van der Waals surface area contributed by atoms with E-state index in [1.54, 1.807) is 0 Å². The van der Waals surface area contributed by atoms with Crippen LogP contribution in [0.25, 0.3) is 0 Å². The second kappa shape index (κ2) is 31.6. The van der Waals surface area contributed by atoms with Gasteiger partial charge in [-0.3, -0.25) is 0 Å². The molecule has 8 radical (unpaired) electrons. The molecular formula is C15H33Cl3Ge2Si3. The van der Waals surface area contributed by atoms with Crippen LogP contribution in [-0.4, -0.2) is 55.5 Å². The fourth-order valence-corrected chi connectivity index (χ4v) is 0.385. The summed E-state index contributed by atoms with van der Waals surface area (Å²) in [6.45, 7) is 20.4. The number of hydrogen-bond donors (Lipinski definition) is 0. The first-order valence-corrected chi connectivity index (χ1v) is 24.3. The maximum atomic E-state index is 4.97. The number of hydrogen-bond acceptors (Lipinski definition) is 0. The third kappa shape index (κ3) is 185. The summed E-state index contributed by atoms with van der Waals surface area (Å²) in [5.41, 5.74) is 0. The molecule has 0 nitrogen and oxygen atoms in total. The molecule has 1 aromatic carbocycles. The second-order valence-electron chi connectivity index (χ2n) is 5.87. The molecule has 0 aromatic heterocycles. The van der Waals surface area contributed by atoms with E-state index in [2.05, 4.69) is 58.9 Å². The summed E-state index contributed by atoms with van der Waals surface area (Å²) in [5, 5.41) is 0. The Morgan fingerprint density at radius 3 is 0.565 bits per heavy atom. The average molecular weight is 549 g/mol. The van der Waals surface area contributed by atoms with E-state index in [1.165, 1.54) is 0 Å². The molecule has 1 aromatic rings. The molecule has 0 spiro atoms. The normalized spacial score (nSPS) is 8.35.